The predicted octanol–water partition coefficient (Wildman–Crippen LogP) is 4.35. The minimum absolute atomic E-state index is 0.0596. The van der Waals surface area contributed by atoms with Crippen LogP contribution in [0.3, 0.4) is 0 Å². The van der Waals surface area contributed by atoms with Crippen LogP contribution in [0.2, 0.25) is 0 Å². The zero-order chi connectivity index (χ0) is 19.4. The Morgan fingerprint density at radius 1 is 1.19 bits per heavy atom. The van der Waals surface area contributed by atoms with Crippen molar-refractivity contribution in [1.82, 2.24) is 4.90 Å². The molecule has 2 aromatic rings. The van der Waals surface area contributed by atoms with Crippen LogP contribution in [0.5, 0.6) is 17.2 Å². The Bertz CT molecular complexity index is 830. The average molecular weight is 438 g/mol. The van der Waals surface area contributed by atoms with Gasteiger partial charge in [0.15, 0.2) is 18.2 Å². The summed E-state index contributed by atoms with van der Waals surface area (Å²) in [5, 5.41) is 0. The van der Waals surface area contributed by atoms with Crippen LogP contribution < -0.4 is 14.2 Å². The molecule has 0 radical (unpaired) electrons. The fourth-order valence-corrected chi connectivity index (χ4v) is 3.63. The maximum atomic E-state index is 13.9. The first-order valence-electron chi connectivity index (χ1n) is 8.62. The molecule has 2 aromatic carbocycles. The largest absolute Gasteiger partial charge is 0.497 e. The van der Waals surface area contributed by atoms with Gasteiger partial charge in [-0.3, -0.25) is 4.79 Å². The summed E-state index contributed by atoms with van der Waals surface area (Å²) in [5.74, 6) is 0.744. The fourth-order valence-electron chi connectivity index (χ4n) is 3.30. The monoisotopic (exact) mass is 437 g/mol. The van der Waals surface area contributed by atoms with Gasteiger partial charge in [0.2, 0.25) is 0 Å². The Morgan fingerprint density at radius 3 is 2.70 bits per heavy atom. The molecule has 0 saturated carbocycles. The summed E-state index contributed by atoms with van der Waals surface area (Å²) in [6.45, 7) is 0.415. The van der Waals surface area contributed by atoms with E-state index in [9.17, 15) is 9.18 Å². The number of hydrogen-bond acceptors (Lipinski definition) is 4. The minimum Gasteiger partial charge on any atom is -0.497 e. The van der Waals surface area contributed by atoms with Gasteiger partial charge in [0, 0.05) is 22.6 Å². The highest BCUT2D eigenvalue weighted by atomic mass is 79.9. The van der Waals surface area contributed by atoms with E-state index in [0.717, 1.165) is 18.4 Å². The summed E-state index contributed by atoms with van der Waals surface area (Å²) in [7, 11) is 3.19. The molecular formula is C20H21BrFNO4. The third kappa shape index (κ3) is 4.35. The SMILES string of the molecule is COc1ccc(C2CCCN2C(=O)COc2ccc(Br)cc2F)c(OC)c1. The molecule has 5 nitrogen and oxygen atoms in total. The van der Waals surface area contributed by atoms with Crippen LogP contribution in [0, 0.1) is 5.82 Å². The van der Waals surface area contributed by atoms with E-state index in [4.69, 9.17) is 14.2 Å². The van der Waals surface area contributed by atoms with Gasteiger partial charge in [-0.2, -0.15) is 0 Å². The van der Waals surface area contributed by atoms with E-state index in [1.54, 1.807) is 25.2 Å². The third-order valence-electron chi connectivity index (χ3n) is 4.62. The molecule has 1 aliphatic rings. The van der Waals surface area contributed by atoms with E-state index in [1.165, 1.54) is 12.1 Å². The molecule has 7 heteroatoms. The molecule has 1 aliphatic heterocycles. The highest BCUT2D eigenvalue weighted by Gasteiger charge is 2.32. The van der Waals surface area contributed by atoms with E-state index in [2.05, 4.69) is 15.9 Å². The van der Waals surface area contributed by atoms with E-state index in [0.29, 0.717) is 22.5 Å². The highest BCUT2D eigenvalue weighted by molar-refractivity contribution is 9.10. The summed E-state index contributed by atoms with van der Waals surface area (Å²) in [5.41, 5.74) is 0.930. The lowest BCUT2D eigenvalue weighted by molar-refractivity contribution is -0.134. The highest BCUT2D eigenvalue weighted by Crippen LogP contribution is 2.38. The van der Waals surface area contributed by atoms with E-state index >= 15 is 0 Å². The number of ether oxygens (including phenoxy) is 3. The van der Waals surface area contributed by atoms with Crippen LogP contribution in [-0.2, 0) is 4.79 Å². The molecule has 0 N–H and O–H groups in total. The summed E-state index contributed by atoms with van der Waals surface area (Å²) in [4.78, 5) is 14.5. The maximum Gasteiger partial charge on any atom is 0.261 e. The molecule has 144 valence electrons. The van der Waals surface area contributed by atoms with Gasteiger partial charge < -0.3 is 19.1 Å². The first-order valence-corrected chi connectivity index (χ1v) is 9.42. The number of halogens is 2. The van der Waals surface area contributed by atoms with Crippen LogP contribution in [0.25, 0.3) is 0 Å². The van der Waals surface area contributed by atoms with Gasteiger partial charge in [0.1, 0.15) is 11.5 Å². The van der Waals surface area contributed by atoms with Crippen LogP contribution >= 0.6 is 15.9 Å². The van der Waals surface area contributed by atoms with Gasteiger partial charge in [-0.15, -0.1) is 0 Å². The van der Waals surface area contributed by atoms with Crippen LogP contribution in [-0.4, -0.2) is 38.2 Å². The minimum atomic E-state index is -0.507. The van der Waals surface area contributed by atoms with Gasteiger partial charge in [0.25, 0.3) is 5.91 Å². The van der Waals surface area contributed by atoms with Crippen molar-refractivity contribution in [3.8, 4) is 17.2 Å². The molecule has 1 heterocycles. The van der Waals surface area contributed by atoms with Crippen molar-refractivity contribution in [3.05, 3.63) is 52.3 Å². The van der Waals surface area contributed by atoms with Gasteiger partial charge in [-0.05, 0) is 43.2 Å². The van der Waals surface area contributed by atoms with Gasteiger partial charge >= 0.3 is 0 Å². The Labute approximate surface area is 166 Å². The maximum absolute atomic E-state index is 13.9. The van der Waals surface area contributed by atoms with E-state index in [1.807, 2.05) is 18.2 Å². The summed E-state index contributed by atoms with van der Waals surface area (Å²) in [6.07, 6.45) is 1.72. The number of amides is 1. The lowest BCUT2D eigenvalue weighted by Crippen LogP contribution is -2.34. The number of hydrogen-bond donors (Lipinski definition) is 0. The third-order valence-corrected chi connectivity index (χ3v) is 5.11. The summed E-state index contributed by atoms with van der Waals surface area (Å²) in [6, 6.07) is 9.96. The van der Waals surface area contributed by atoms with Crippen molar-refractivity contribution >= 4 is 21.8 Å². The lowest BCUT2D eigenvalue weighted by Gasteiger charge is -2.26. The number of rotatable bonds is 6. The number of methoxy groups -OCH3 is 2. The Kier molecular flexibility index (Phi) is 6.21. The Balaban J connectivity index is 1.73. The number of likely N-dealkylation sites (tertiary alicyclic amines) is 1. The average Bonchev–Trinajstić information content (AvgIpc) is 3.16. The van der Waals surface area contributed by atoms with Crippen molar-refractivity contribution in [1.29, 1.82) is 0 Å². The van der Waals surface area contributed by atoms with Gasteiger partial charge in [0.05, 0.1) is 20.3 Å². The number of nitrogens with zero attached hydrogens (tertiary/aromatic N) is 1. The molecule has 1 atom stereocenters. The quantitative estimate of drug-likeness (QED) is 0.673. The van der Waals surface area contributed by atoms with Crippen LogP contribution in [0.15, 0.2) is 40.9 Å². The van der Waals surface area contributed by atoms with Gasteiger partial charge in [-0.1, -0.05) is 15.9 Å². The van der Waals surface area contributed by atoms with Crippen LogP contribution in [0.4, 0.5) is 4.39 Å². The number of benzene rings is 2. The van der Waals surface area contributed by atoms with Crippen LogP contribution in [0.1, 0.15) is 24.4 Å². The second-order valence-corrected chi connectivity index (χ2v) is 7.13. The molecule has 1 amide bonds. The zero-order valence-electron chi connectivity index (χ0n) is 15.2. The fraction of sp³-hybridized carbons (Fsp3) is 0.350. The molecule has 27 heavy (non-hydrogen) atoms. The molecule has 1 saturated heterocycles. The first-order chi connectivity index (χ1) is 13.0. The van der Waals surface area contributed by atoms with Crippen molar-refractivity contribution < 1.29 is 23.4 Å². The molecule has 3 rings (SSSR count). The topological polar surface area (TPSA) is 48.0 Å². The van der Waals surface area contributed by atoms with Gasteiger partial charge in [-0.25, -0.2) is 4.39 Å². The number of carbonyl (C=O) groups excluding carboxylic acids is 1. The zero-order valence-corrected chi connectivity index (χ0v) is 16.8. The normalized spacial score (nSPS) is 16.3. The standard InChI is InChI=1S/C20H21BrFNO4/c1-25-14-6-7-15(19(11-14)26-2)17-4-3-9-23(17)20(24)12-27-18-8-5-13(21)10-16(18)22/h5-8,10-11,17H,3-4,9,12H2,1-2H3. The number of carbonyl (C=O) groups is 1. The molecule has 1 fully saturated rings. The smallest absolute Gasteiger partial charge is 0.261 e. The molecule has 0 spiro atoms. The molecule has 0 aromatic heterocycles. The van der Waals surface area contributed by atoms with E-state index in [-0.39, 0.29) is 24.3 Å². The second kappa shape index (κ2) is 8.61. The Hall–Kier alpha value is -2.28. The van der Waals surface area contributed by atoms with Crippen molar-refractivity contribution in [2.24, 2.45) is 0 Å². The Morgan fingerprint density at radius 2 is 2.00 bits per heavy atom. The molecule has 0 bridgehead atoms. The molecule has 1 unspecified atom stereocenters. The first kappa shape index (κ1) is 19.5. The lowest BCUT2D eigenvalue weighted by atomic mass is 10.0. The van der Waals surface area contributed by atoms with Crippen molar-refractivity contribution in [2.75, 3.05) is 27.4 Å². The van der Waals surface area contributed by atoms with E-state index < -0.39 is 5.82 Å². The van der Waals surface area contributed by atoms with Crippen molar-refractivity contribution in [3.63, 3.8) is 0 Å². The molecular weight excluding hydrogens is 417 g/mol. The second-order valence-electron chi connectivity index (χ2n) is 6.22. The summed E-state index contributed by atoms with van der Waals surface area (Å²) < 4.78 is 30.6. The van der Waals surface area contributed by atoms with Crippen molar-refractivity contribution in [2.45, 2.75) is 18.9 Å². The summed E-state index contributed by atoms with van der Waals surface area (Å²) >= 11 is 3.20. The predicted molar refractivity (Wildman–Crippen MR) is 103 cm³/mol. The molecule has 0 aliphatic carbocycles.